The molecule has 0 spiro atoms. The number of nitrogens with one attached hydrogen (secondary N) is 1. The van der Waals surface area contributed by atoms with Gasteiger partial charge in [0.05, 0.1) is 25.8 Å². The van der Waals surface area contributed by atoms with Crippen molar-refractivity contribution in [1.29, 1.82) is 0 Å². The summed E-state index contributed by atoms with van der Waals surface area (Å²) in [7, 11) is 2.01. The molecule has 0 bridgehead atoms. The number of hydrogen-bond donors (Lipinski definition) is 1. The number of carbonyl (C=O) groups excluding carboxylic acids is 1. The van der Waals surface area contributed by atoms with Crippen molar-refractivity contribution in [2.24, 2.45) is 7.05 Å². The number of nitrogens with zero attached hydrogens (tertiary/aromatic N) is 4. The number of ether oxygens (including phenoxy) is 1. The first-order valence-corrected chi connectivity index (χ1v) is 8.92. The third-order valence-corrected chi connectivity index (χ3v) is 5.23. The highest BCUT2D eigenvalue weighted by atomic mass is 32.1. The number of aryl methyl sites for hydroxylation is 1. The van der Waals surface area contributed by atoms with E-state index in [1.807, 2.05) is 19.3 Å². The van der Waals surface area contributed by atoms with Crippen molar-refractivity contribution in [1.82, 2.24) is 19.7 Å². The second-order valence-corrected chi connectivity index (χ2v) is 7.26. The molecular weight excluding hydrogens is 326 g/mol. The molecule has 1 amide bonds. The Bertz CT molecular complexity index is 696. The molecule has 8 heteroatoms. The number of hydrogen-bond acceptors (Lipinski definition) is 6. The molecule has 0 aliphatic carbocycles. The molecule has 1 fully saturated rings. The van der Waals surface area contributed by atoms with Crippen molar-refractivity contribution in [2.45, 2.75) is 25.8 Å². The van der Waals surface area contributed by atoms with Gasteiger partial charge in [-0.3, -0.25) is 15.0 Å². The van der Waals surface area contributed by atoms with E-state index in [-0.39, 0.29) is 11.9 Å². The Kier molecular flexibility index (Phi) is 5.27. The molecule has 1 saturated heterocycles. The Labute approximate surface area is 145 Å². The lowest BCUT2D eigenvalue weighted by atomic mass is 10.1. The van der Waals surface area contributed by atoms with Crippen molar-refractivity contribution in [3.8, 4) is 0 Å². The van der Waals surface area contributed by atoms with E-state index in [1.54, 1.807) is 0 Å². The van der Waals surface area contributed by atoms with Gasteiger partial charge < -0.3 is 9.30 Å². The standard InChI is InChI=1S/C16H23N5O2S/c1-11(2)15-18-19-16(24-15)17-14(22)9-21-7-8-23-10-13(21)12-5-4-6-20(12)3/h4-6,11,13H,7-10H2,1-3H3,(H,17,19,22)/t13-/m0/s1. The van der Waals surface area contributed by atoms with Crippen LogP contribution in [0.4, 0.5) is 5.13 Å². The van der Waals surface area contributed by atoms with Crippen molar-refractivity contribution >= 4 is 22.4 Å². The molecule has 1 atom stereocenters. The average molecular weight is 349 g/mol. The van der Waals surface area contributed by atoms with E-state index in [9.17, 15) is 4.79 Å². The molecule has 3 rings (SSSR count). The Morgan fingerprint density at radius 1 is 1.50 bits per heavy atom. The van der Waals surface area contributed by atoms with Gasteiger partial charge in [-0.1, -0.05) is 25.2 Å². The van der Waals surface area contributed by atoms with E-state index >= 15 is 0 Å². The highest BCUT2D eigenvalue weighted by Gasteiger charge is 2.28. The maximum absolute atomic E-state index is 12.4. The largest absolute Gasteiger partial charge is 0.378 e. The molecule has 0 aromatic carbocycles. The second kappa shape index (κ2) is 7.42. The van der Waals surface area contributed by atoms with Crippen LogP contribution in [0.2, 0.25) is 0 Å². The maximum atomic E-state index is 12.4. The van der Waals surface area contributed by atoms with Gasteiger partial charge >= 0.3 is 0 Å². The fourth-order valence-electron chi connectivity index (χ4n) is 2.78. The van der Waals surface area contributed by atoms with Gasteiger partial charge in [0.1, 0.15) is 5.01 Å². The van der Waals surface area contributed by atoms with Crippen LogP contribution in [0.15, 0.2) is 18.3 Å². The summed E-state index contributed by atoms with van der Waals surface area (Å²) >= 11 is 1.43. The lowest BCUT2D eigenvalue weighted by Gasteiger charge is -2.35. The molecule has 7 nitrogen and oxygen atoms in total. The number of rotatable bonds is 5. The monoisotopic (exact) mass is 349 g/mol. The Balaban J connectivity index is 1.64. The molecule has 130 valence electrons. The first kappa shape index (κ1) is 17.1. The Morgan fingerprint density at radius 3 is 3.00 bits per heavy atom. The van der Waals surface area contributed by atoms with Gasteiger partial charge in [0.25, 0.3) is 0 Å². The molecule has 0 unspecified atom stereocenters. The summed E-state index contributed by atoms with van der Waals surface area (Å²) in [6, 6.07) is 4.17. The lowest BCUT2D eigenvalue weighted by Crippen LogP contribution is -2.44. The molecule has 1 aliphatic heterocycles. The van der Waals surface area contributed by atoms with E-state index in [2.05, 4.69) is 44.9 Å². The van der Waals surface area contributed by atoms with Crippen LogP contribution in [0.5, 0.6) is 0 Å². The topological polar surface area (TPSA) is 72.3 Å². The van der Waals surface area contributed by atoms with Gasteiger partial charge in [0, 0.05) is 31.4 Å². The number of anilines is 1. The van der Waals surface area contributed by atoms with Crippen LogP contribution in [-0.2, 0) is 16.6 Å². The molecule has 0 radical (unpaired) electrons. The van der Waals surface area contributed by atoms with Gasteiger partial charge in [-0.2, -0.15) is 0 Å². The summed E-state index contributed by atoms with van der Waals surface area (Å²) in [5.41, 5.74) is 1.15. The van der Waals surface area contributed by atoms with Crippen molar-refractivity contribution in [2.75, 3.05) is 31.6 Å². The smallest absolute Gasteiger partial charge is 0.240 e. The van der Waals surface area contributed by atoms with E-state index < -0.39 is 0 Å². The first-order valence-electron chi connectivity index (χ1n) is 8.11. The van der Waals surface area contributed by atoms with Crippen LogP contribution in [0.1, 0.15) is 36.5 Å². The highest BCUT2D eigenvalue weighted by Crippen LogP contribution is 2.25. The van der Waals surface area contributed by atoms with E-state index in [4.69, 9.17) is 4.74 Å². The van der Waals surface area contributed by atoms with Gasteiger partial charge in [0.2, 0.25) is 11.0 Å². The molecule has 3 heterocycles. The molecule has 24 heavy (non-hydrogen) atoms. The number of carbonyl (C=O) groups is 1. The second-order valence-electron chi connectivity index (χ2n) is 6.25. The molecule has 2 aromatic heterocycles. The molecular formula is C16H23N5O2S. The van der Waals surface area contributed by atoms with Crippen LogP contribution >= 0.6 is 11.3 Å². The third kappa shape index (κ3) is 3.82. The summed E-state index contributed by atoms with van der Waals surface area (Å²) in [5, 5.41) is 12.5. The Hall–Kier alpha value is -1.77. The van der Waals surface area contributed by atoms with Crippen molar-refractivity contribution < 1.29 is 9.53 Å². The van der Waals surface area contributed by atoms with E-state index in [0.717, 1.165) is 17.2 Å². The number of morpholine rings is 1. The van der Waals surface area contributed by atoms with Gasteiger partial charge in [-0.05, 0) is 12.1 Å². The quantitative estimate of drug-likeness (QED) is 0.894. The zero-order valence-corrected chi connectivity index (χ0v) is 15.0. The molecule has 1 aliphatic rings. The van der Waals surface area contributed by atoms with E-state index in [1.165, 1.54) is 11.3 Å². The van der Waals surface area contributed by atoms with Gasteiger partial charge in [-0.25, -0.2) is 0 Å². The number of amides is 1. The summed E-state index contributed by atoms with van der Waals surface area (Å²) < 4.78 is 7.69. The minimum absolute atomic E-state index is 0.0671. The predicted molar refractivity (Wildman–Crippen MR) is 93.2 cm³/mol. The van der Waals surface area contributed by atoms with Gasteiger partial charge in [-0.15, -0.1) is 10.2 Å². The first-order chi connectivity index (χ1) is 11.5. The molecule has 2 aromatic rings. The molecule has 1 N–H and O–H groups in total. The minimum Gasteiger partial charge on any atom is -0.378 e. The predicted octanol–water partition coefficient (Wildman–Crippen LogP) is 2.01. The van der Waals surface area contributed by atoms with Crippen LogP contribution in [0.3, 0.4) is 0 Å². The summed E-state index contributed by atoms with van der Waals surface area (Å²) in [6.45, 7) is 6.41. The normalized spacial score (nSPS) is 18.9. The maximum Gasteiger partial charge on any atom is 0.240 e. The zero-order chi connectivity index (χ0) is 17.1. The fraction of sp³-hybridized carbons (Fsp3) is 0.562. The van der Waals surface area contributed by atoms with Crippen molar-refractivity contribution in [3.05, 3.63) is 29.0 Å². The number of aromatic nitrogens is 3. The average Bonchev–Trinajstić information content (AvgIpc) is 3.17. The highest BCUT2D eigenvalue weighted by molar-refractivity contribution is 7.15. The van der Waals surface area contributed by atoms with Crippen LogP contribution in [0.25, 0.3) is 0 Å². The van der Waals surface area contributed by atoms with Crippen molar-refractivity contribution in [3.63, 3.8) is 0 Å². The SMILES string of the molecule is CC(C)c1nnc(NC(=O)CN2CCOC[C@H]2c2cccn2C)s1. The van der Waals surface area contributed by atoms with E-state index in [0.29, 0.717) is 30.8 Å². The van der Waals surface area contributed by atoms with Crippen LogP contribution < -0.4 is 5.32 Å². The fourth-order valence-corrected chi connectivity index (χ4v) is 3.54. The third-order valence-electron chi connectivity index (χ3n) is 4.09. The molecule has 0 saturated carbocycles. The zero-order valence-electron chi connectivity index (χ0n) is 14.2. The van der Waals surface area contributed by atoms with Crippen LogP contribution in [0, 0.1) is 0 Å². The minimum atomic E-state index is -0.0671. The summed E-state index contributed by atoms with van der Waals surface area (Å²) in [6.07, 6.45) is 2.01. The van der Waals surface area contributed by atoms with Crippen LogP contribution in [-0.4, -0.2) is 51.9 Å². The Morgan fingerprint density at radius 2 is 2.33 bits per heavy atom. The lowest BCUT2D eigenvalue weighted by molar-refractivity contribution is -0.119. The summed E-state index contributed by atoms with van der Waals surface area (Å²) in [5.74, 6) is 0.247. The summed E-state index contributed by atoms with van der Waals surface area (Å²) in [4.78, 5) is 14.5. The van der Waals surface area contributed by atoms with Gasteiger partial charge in [0.15, 0.2) is 0 Å².